The quantitative estimate of drug-likeness (QED) is 0.561. The Labute approximate surface area is 165 Å². The summed E-state index contributed by atoms with van der Waals surface area (Å²) in [4.78, 5) is 12.9. The van der Waals surface area contributed by atoms with Crippen molar-refractivity contribution in [3.63, 3.8) is 0 Å². The zero-order valence-electron chi connectivity index (χ0n) is 16.0. The summed E-state index contributed by atoms with van der Waals surface area (Å²) in [6.07, 6.45) is 4.33. The average molecular weight is 395 g/mol. The highest BCUT2D eigenvalue weighted by molar-refractivity contribution is 5.67. The predicted molar refractivity (Wildman–Crippen MR) is 105 cm³/mol. The van der Waals surface area contributed by atoms with Crippen molar-refractivity contribution in [2.45, 2.75) is 26.8 Å². The van der Waals surface area contributed by atoms with Crippen molar-refractivity contribution in [1.82, 2.24) is 24.5 Å². The molecule has 148 valence electrons. The Balaban J connectivity index is 1.73. The minimum Gasteiger partial charge on any atom is -0.285 e. The zero-order valence-corrected chi connectivity index (χ0v) is 16.0. The van der Waals surface area contributed by atoms with Crippen molar-refractivity contribution < 1.29 is 8.78 Å². The number of aromatic nitrogens is 5. The van der Waals surface area contributed by atoms with Gasteiger partial charge in [-0.2, -0.15) is 14.9 Å². The molecule has 2 aromatic heterocycles. The third-order valence-corrected chi connectivity index (χ3v) is 4.83. The molecule has 0 unspecified atom stereocenters. The Kier molecular flexibility index (Phi) is 4.84. The molecular weight excluding hydrogens is 376 g/mol. The molecule has 0 saturated heterocycles. The van der Waals surface area contributed by atoms with Crippen molar-refractivity contribution in [2.24, 2.45) is 0 Å². The van der Waals surface area contributed by atoms with Crippen molar-refractivity contribution in [1.29, 1.82) is 0 Å². The monoisotopic (exact) mass is 395 g/mol. The molecule has 6 nitrogen and oxygen atoms in total. The second-order valence-electron chi connectivity index (χ2n) is 6.79. The SMILES string of the molecule is CCc1cc(-n2nc(C)n(Cc3cc(F)cc(F)c3)c2=O)ccc1-c1cn[nH]c1. The van der Waals surface area contributed by atoms with Crippen LogP contribution in [0.1, 0.15) is 23.9 Å². The molecule has 2 heterocycles. The van der Waals surface area contributed by atoms with E-state index < -0.39 is 11.6 Å². The molecule has 0 fully saturated rings. The van der Waals surface area contributed by atoms with E-state index in [0.29, 0.717) is 17.1 Å². The number of aromatic amines is 1. The van der Waals surface area contributed by atoms with Gasteiger partial charge in [-0.3, -0.25) is 9.67 Å². The third kappa shape index (κ3) is 3.61. The molecule has 0 spiro atoms. The topological polar surface area (TPSA) is 68.5 Å². The molecular formula is C21H19F2N5O. The number of hydrogen-bond acceptors (Lipinski definition) is 3. The van der Waals surface area contributed by atoms with E-state index in [2.05, 4.69) is 15.3 Å². The molecule has 0 atom stereocenters. The molecule has 4 aromatic rings. The first-order valence-corrected chi connectivity index (χ1v) is 9.20. The van der Waals surface area contributed by atoms with Crippen LogP contribution in [0.3, 0.4) is 0 Å². The molecule has 0 aliphatic rings. The maximum atomic E-state index is 13.5. The first-order valence-electron chi connectivity index (χ1n) is 9.20. The van der Waals surface area contributed by atoms with E-state index >= 15 is 0 Å². The third-order valence-electron chi connectivity index (χ3n) is 4.83. The van der Waals surface area contributed by atoms with E-state index in [9.17, 15) is 13.6 Å². The summed E-state index contributed by atoms with van der Waals surface area (Å²) in [6, 6.07) is 8.89. The van der Waals surface area contributed by atoms with Gasteiger partial charge in [-0.15, -0.1) is 0 Å². The predicted octanol–water partition coefficient (Wildman–Crippen LogP) is 3.62. The van der Waals surface area contributed by atoms with Crippen molar-refractivity contribution in [2.75, 3.05) is 0 Å². The van der Waals surface area contributed by atoms with Crippen LogP contribution in [0.2, 0.25) is 0 Å². The Morgan fingerprint density at radius 3 is 2.52 bits per heavy atom. The Hall–Kier alpha value is -3.55. The van der Waals surface area contributed by atoms with Crippen LogP contribution in [0.4, 0.5) is 8.78 Å². The highest BCUT2D eigenvalue weighted by Crippen LogP contribution is 2.25. The van der Waals surface area contributed by atoms with Gasteiger partial charge in [0.1, 0.15) is 17.5 Å². The van der Waals surface area contributed by atoms with E-state index in [1.54, 1.807) is 13.1 Å². The van der Waals surface area contributed by atoms with E-state index in [1.165, 1.54) is 21.4 Å². The van der Waals surface area contributed by atoms with Crippen LogP contribution in [0, 0.1) is 18.6 Å². The lowest BCUT2D eigenvalue weighted by Crippen LogP contribution is -2.24. The molecule has 4 rings (SSSR count). The van der Waals surface area contributed by atoms with Crippen molar-refractivity contribution in [3.05, 3.63) is 87.9 Å². The number of halogens is 2. The summed E-state index contributed by atoms with van der Waals surface area (Å²) < 4.78 is 29.7. The lowest BCUT2D eigenvalue weighted by atomic mass is 10.00. The van der Waals surface area contributed by atoms with Crippen molar-refractivity contribution in [3.8, 4) is 16.8 Å². The molecule has 0 radical (unpaired) electrons. The molecule has 0 saturated carbocycles. The summed E-state index contributed by atoms with van der Waals surface area (Å²) >= 11 is 0. The maximum Gasteiger partial charge on any atom is 0.351 e. The second-order valence-corrected chi connectivity index (χ2v) is 6.79. The first kappa shape index (κ1) is 18.8. The van der Waals surface area contributed by atoms with Crippen LogP contribution in [0.15, 0.2) is 53.6 Å². The number of nitrogens with zero attached hydrogens (tertiary/aromatic N) is 4. The van der Waals surface area contributed by atoms with Gasteiger partial charge < -0.3 is 0 Å². The van der Waals surface area contributed by atoms with E-state index in [1.807, 2.05) is 31.3 Å². The van der Waals surface area contributed by atoms with Crippen LogP contribution in [-0.2, 0) is 13.0 Å². The normalized spacial score (nSPS) is 11.2. The molecule has 0 aliphatic carbocycles. The summed E-state index contributed by atoms with van der Waals surface area (Å²) in [5.41, 5.74) is 3.67. The Bertz CT molecular complexity index is 1200. The lowest BCUT2D eigenvalue weighted by Gasteiger charge is -2.08. The molecule has 0 aliphatic heterocycles. The fourth-order valence-electron chi connectivity index (χ4n) is 3.41. The van der Waals surface area contributed by atoms with Gasteiger partial charge in [0, 0.05) is 17.8 Å². The summed E-state index contributed by atoms with van der Waals surface area (Å²) in [5, 5.41) is 11.1. The molecule has 0 amide bonds. The smallest absolute Gasteiger partial charge is 0.285 e. The summed E-state index contributed by atoms with van der Waals surface area (Å²) in [5.74, 6) is -0.905. The zero-order chi connectivity index (χ0) is 20.5. The standard InChI is InChI=1S/C21H19F2N5O/c1-3-15-8-19(4-5-20(15)16-10-24-25-11-16)28-21(29)27(13(2)26-28)12-14-6-17(22)9-18(23)7-14/h4-11H,3,12H2,1-2H3,(H,24,25). The highest BCUT2D eigenvalue weighted by atomic mass is 19.1. The summed E-state index contributed by atoms with van der Waals surface area (Å²) in [7, 11) is 0. The van der Waals surface area contributed by atoms with Gasteiger partial charge in [0.25, 0.3) is 0 Å². The molecule has 29 heavy (non-hydrogen) atoms. The van der Waals surface area contributed by atoms with Gasteiger partial charge in [0.05, 0.1) is 18.4 Å². The fourth-order valence-corrected chi connectivity index (χ4v) is 3.41. The largest absolute Gasteiger partial charge is 0.351 e. The van der Waals surface area contributed by atoms with Crippen LogP contribution in [0.25, 0.3) is 16.8 Å². The van der Waals surface area contributed by atoms with Gasteiger partial charge in [0.2, 0.25) is 0 Å². The highest BCUT2D eigenvalue weighted by Gasteiger charge is 2.15. The Morgan fingerprint density at radius 1 is 1.10 bits per heavy atom. The Morgan fingerprint density at radius 2 is 1.86 bits per heavy atom. The van der Waals surface area contributed by atoms with Gasteiger partial charge in [-0.05, 0) is 54.3 Å². The van der Waals surface area contributed by atoms with Gasteiger partial charge in [-0.1, -0.05) is 13.0 Å². The molecule has 2 aromatic carbocycles. The number of benzene rings is 2. The lowest BCUT2D eigenvalue weighted by molar-refractivity contribution is 0.576. The number of H-pyrrole nitrogens is 1. The minimum absolute atomic E-state index is 0.0348. The van der Waals surface area contributed by atoms with Gasteiger partial charge in [0.15, 0.2) is 0 Å². The average Bonchev–Trinajstić information content (AvgIpc) is 3.31. The minimum atomic E-state index is -0.680. The maximum absolute atomic E-state index is 13.5. The van der Waals surface area contributed by atoms with Crippen LogP contribution >= 0.6 is 0 Å². The summed E-state index contributed by atoms with van der Waals surface area (Å²) in [6.45, 7) is 3.76. The van der Waals surface area contributed by atoms with E-state index in [0.717, 1.165) is 29.2 Å². The van der Waals surface area contributed by atoms with Gasteiger partial charge >= 0.3 is 5.69 Å². The van der Waals surface area contributed by atoms with Crippen LogP contribution in [-0.4, -0.2) is 24.5 Å². The first-order chi connectivity index (χ1) is 14.0. The van der Waals surface area contributed by atoms with E-state index in [4.69, 9.17) is 0 Å². The molecule has 0 bridgehead atoms. The fraction of sp³-hybridized carbons (Fsp3) is 0.190. The number of aryl methyl sites for hydroxylation is 2. The number of hydrogen-bond donors (Lipinski definition) is 1. The van der Waals surface area contributed by atoms with Crippen LogP contribution < -0.4 is 5.69 Å². The number of nitrogens with one attached hydrogen (secondary N) is 1. The second kappa shape index (κ2) is 7.46. The van der Waals surface area contributed by atoms with Gasteiger partial charge in [-0.25, -0.2) is 13.6 Å². The molecule has 8 heteroatoms. The van der Waals surface area contributed by atoms with Crippen molar-refractivity contribution >= 4 is 0 Å². The van der Waals surface area contributed by atoms with E-state index in [-0.39, 0.29) is 12.2 Å². The van der Waals surface area contributed by atoms with Crippen LogP contribution in [0.5, 0.6) is 0 Å². The molecule has 1 N–H and O–H groups in total. The number of rotatable bonds is 5.